The van der Waals surface area contributed by atoms with Crippen LogP contribution in [-0.2, 0) is 0 Å². The lowest BCUT2D eigenvalue weighted by atomic mass is 10.0. The molecule has 0 aliphatic rings. The number of aliphatic hydroxyl groups excluding tert-OH is 1. The maximum atomic E-state index is 10.7. The third-order valence-corrected chi connectivity index (χ3v) is 4.51. The molecule has 0 aliphatic carbocycles. The average Bonchev–Trinajstić information content (AvgIpc) is 2.97. The molecule has 108 valence electrons. The van der Waals surface area contributed by atoms with Gasteiger partial charge in [0.1, 0.15) is 6.10 Å². The third-order valence-electron chi connectivity index (χ3n) is 3.53. The highest BCUT2D eigenvalue weighted by molar-refractivity contribution is 7.17. The topological polar surface area (TPSA) is 38.7 Å². The van der Waals surface area contributed by atoms with Crippen molar-refractivity contribution in [3.8, 4) is 11.5 Å². The van der Waals surface area contributed by atoms with Crippen molar-refractivity contribution in [1.29, 1.82) is 0 Å². The second-order valence-corrected chi connectivity index (χ2v) is 5.62. The highest BCUT2D eigenvalue weighted by Crippen LogP contribution is 2.36. The van der Waals surface area contributed by atoms with Gasteiger partial charge in [0.2, 0.25) is 0 Å². The first-order valence-electron chi connectivity index (χ1n) is 6.60. The van der Waals surface area contributed by atoms with Gasteiger partial charge < -0.3 is 14.6 Å². The summed E-state index contributed by atoms with van der Waals surface area (Å²) >= 11 is 1.64. The maximum absolute atomic E-state index is 10.7. The molecule has 2 aromatic carbocycles. The Morgan fingerprint density at radius 1 is 1.00 bits per heavy atom. The van der Waals surface area contributed by atoms with Crippen LogP contribution >= 0.6 is 11.3 Å². The van der Waals surface area contributed by atoms with Crippen molar-refractivity contribution in [3.05, 3.63) is 59.0 Å². The molecule has 3 aromatic rings. The molecule has 0 saturated heterocycles. The number of benzene rings is 2. The zero-order chi connectivity index (χ0) is 14.8. The summed E-state index contributed by atoms with van der Waals surface area (Å²) in [5.74, 6) is 1.28. The summed E-state index contributed by atoms with van der Waals surface area (Å²) in [5.41, 5.74) is 1.71. The van der Waals surface area contributed by atoms with Crippen LogP contribution in [0.2, 0.25) is 0 Å². The van der Waals surface area contributed by atoms with E-state index in [9.17, 15) is 5.11 Å². The van der Waals surface area contributed by atoms with Gasteiger partial charge in [0.15, 0.2) is 11.5 Å². The molecule has 1 atom stereocenters. The molecule has 1 N–H and O–H groups in total. The molecule has 1 aromatic heterocycles. The molecular weight excluding hydrogens is 284 g/mol. The van der Waals surface area contributed by atoms with Crippen LogP contribution in [0.5, 0.6) is 11.5 Å². The van der Waals surface area contributed by atoms with Crippen LogP contribution in [0.3, 0.4) is 0 Å². The predicted octanol–water partition coefficient (Wildman–Crippen LogP) is 4.00. The second-order valence-electron chi connectivity index (χ2n) is 4.70. The monoisotopic (exact) mass is 300 g/mol. The third kappa shape index (κ3) is 2.48. The van der Waals surface area contributed by atoms with E-state index in [1.54, 1.807) is 25.6 Å². The maximum Gasteiger partial charge on any atom is 0.161 e. The van der Waals surface area contributed by atoms with E-state index < -0.39 is 6.10 Å². The Balaban J connectivity index is 2.04. The zero-order valence-corrected chi connectivity index (χ0v) is 12.7. The van der Waals surface area contributed by atoms with Gasteiger partial charge in [0, 0.05) is 10.3 Å². The predicted molar refractivity (Wildman–Crippen MR) is 85.4 cm³/mol. The molecule has 4 heteroatoms. The van der Waals surface area contributed by atoms with E-state index in [2.05, 4.69) is 6.07 Å². The minimum absolute atomic E-state index is 0.619. The van der Waals surface area contributed by atoms with Crippen molar-refractivity contribution in [2.75, 3.05) is 14.2 Å². The van der Waals surface area contributed by atoms with Crippen LogP contribution in [0.25, 0.3) is 10.1 Å². The normalized spacial score (nSPS) is 12.3. The number of methoxy groups -OCH3 is 2. The molecular formula is C17H16O3S. The summed E-state index contributed by atoms with van der Waals surface area (Å²) in [6, 6.07) is 13.6. The Kier molecular flexibility index (Phi) is 3.82. The Morgan fingerprint density at radius 2 is 1.76 bits per heavy atom. The van der Waals surface area contributed by atoms with E-state index in [1.165, 1.54) is 4.70 Å². The smallest absolute Gasteiger partial charge is 0.161 e. The number of hydrogen-bond acceptors (Lipinski definition) is 4. The number of thiophene rings is 1. The Labute approximate surface area is 127 Å². The lowest BCUT2D eigenvalue weighted by molar-refractivity contribution is 0.221. The number of rotatable bonds is 4. The fraction of sp³-hybridized carbons (Fsp3) is 0.176. The molecule has 1 unspecified atom stereocenters. The van der Waals surface area contributed by atoms with Crippen molar-refractivity contribution in [2.45, 2.75) is 6.10 Å². The molecule has 0 aliphatic heterocycles. The summed E-state index contributed by atoms with van der Waals surface area (Å²) in [4.78, 5) is 0. The van der Waals surface area contributed by atoms with Gasteiger partial charge in [-0.15, -0.1) is 11.3 Å². The molecule has 0 bridgehead atoms. The van der Waals surface area contributed by atoms with Crippen LogP contribution in [-0.4, -0.2) is 19.3 Å². The highest BCUT2D eigenvalue weighted by atomic mass is 32.1. The number of aliphatic hydroxyl groups is 1. The van der Waals surface area contributed by atoms with Gasteiger partial charge in [-0.2, -0.15) is 0 Å². The second kappa shape index (κ2) is 5.76. The van der Waals surface area contributed by atoms with Gasteiger partial charge in [-0.25, -0.2) is 0 Å². The van der Waals surface area contributed by atoms with E-state index >= 15 is 0 Å². The summed E-state index contributed by atoms with van der Waals surface area (Å²) in [6.07, 6.45) is -0.680. The number of hydrogen-bond donors (Lipinski definition) is 1. The quantitative estimate of drug-likeness (QED) is 0.791. The van der Waals surface area contributed by atoms with Crippen molar-refractivity contribution >= 4 is 21.4 Å². The van der Waals surface area contributed by atoms with Crippen LogP contribution < -0.4 is 9.47 Å². The van der Waals surface area contributed by atoms with Gasteiger partial charge >= 0.3 is 0 Å². The van der Waals surface area contributed by atoms with Crippen LogP contribution in [0.15, 0.2) is 47.8 Å². The molecule has 3 rings (SSSR count). The van der Waals surface area contributed by atoms with E-state index in [-0.39, 0.29) is 0 Å². The first kappa shape index (κ1) is 13.9. The Bertz CT molecular complexity index is 764. The summed E-state index contributed by atoms with van der Waals surface area (Å²) in [6.45, 7) is 0. The van der Waals surface area contributed by atoms with Gasteiger partial charge in [-0.1, -0.05) is 24.3 Å². The first-order chi connectivity index (χ1) is 10.2. The van der Waals surface area contributed by atoms with Crippen molar-refractivity contribution in [2.24, 2.45) is 0 Å². The summed E-state index contributed by atoms with van der Waals surface area (Å²) < 4.78 is 11.7. The number of fused-ring (bicyclic) bond motifs is 1. The Morgan fingerprint density at radius 3 is 2.52 bits per heavy atom. The van der Waals surface area contributed by atoms with Crippen molar-refractivity contribution in [3.63, 3.8) is 0 Å². The highest BCUT2D eigenvalue weighted by Gasteiger charge is 2.17. The molecule has 0 spiro atoms. The lowest BCUT2D eigenvalue weighted by Gasteiger charge is -2.14. The summed E-state index contributed by atoms with van der Waals surface area (Å²) in [5, 5.41) is 13.8. The SMILES string of the molecule is COc1ccc(C(O)c2csc3ccccc23)cc1OC. The van der Waals surface area contributed by atoms with Gasteiger partial charge in [-0.3, -0.25) is 0 Å². The van der Waals surface area contributed by atoms with Crippen LogP contribution in [0, 0.1) is 0 Å². The molecule has 0 saturated carbocycles. The molecule has 0 amide bonds. The molecule has 1 heterocycles. The van der Waals surface area contributed by atoms with Crippen LogP contribution in [0.4, 0.5) is 0 Å². The molecule has 0 fully saturated rings. The van der Waals surface area contributed by atoms with Gasteiger partial charge in [0.25, 0.3) is 0 Å². The molecule has 0 radical (unpaired) electrons. The van der Waals surface area contributed by atoms with E-state index in [0.717, 1.165) is 16.5 Å². The first-order valence-corrected chi connectivity index (χ1v) is 7.48. The van der Waals surface area contributed by atoms with Crippen molar-refractivity contribution in [1.82, 2.24) is 0 Å². The van der Waals surface area contributed by atoms with Gasteiger partial charge in [0.05, 0.1) is 14.2 Å². The minimum Gasteiger partial charge on any atom is -0.493 e. The van der Waals surface area contributed by atoms with Crippen LogP contribution in [0.1, 0.15) is 17.2 Å². The number of ether oxygens (including phenoxy) is 2. The van der Waals surface area contributed by atoms with E-state index in [0.29, 0.717) is 11.5 Å². The minimum atomic E-state index is -0.680. The fourth-order valence-corrected chi connectivity index (χ4v) is 3.39. The van der Waals surface area contributed by atoms with Gasteiger partial charge in [-0.05, 0) is 34.5 Å². The average molecular weight is 300 g/mol. The zero-order valence-electron chi connectivity index (χ0n) is 11.9. The largest absolute Gasteiger partial charge is 0.493 e. The standard InChI is InChI=1S/C17H16O3S/c1-19-14-8-7-11(9-15(14)20-2)17(18)13-10-21-16-6-4-3-5-12(13)16/h3-10,17-18H,1-2H3. The summed E-state index contributed by atoms with van der Waals surface area (Å²) in [7, 11) is 3.19. The Hall–Kier alpha value is -2.04. The molecule has 3 nitrogen and oxygen atoms in total. The van der Waals surface area contributed by atoms with E-state index in [4.69, 9.17) is 9.47 Å². The van der Waals surface area contributed by atoms with Crippen molar-refractivity contribution < 1.29 is 14.6 Å². The fourth-order valence-electron chi connectivity index (χ4n) is 2.41. The lowest BCUT2D eigenvalue weighted by Crippen LogP contribution is -2.00. The van der Waals surface area contributed by atoms with E-state index in [1.807, 2.05) is 41.8 Å². The molecule has 21 heavy (non-hydrogen) atoms.